The number of carbonyl (C=O) groups excluding carboxylic acids is 1. The predicted molar refractivity (Wildman–Crippen MR) is 300 cm³/mol. The van der Waals surface area contributed by atoms with Crippen molar-refractivity contribution in [1.29, 1.82) is 0 Å². The summed E-state index contributed by atoms with van der Waals surface area (Å²) in [4.78, 5) is 12.5. The molecule has 68 heavy (non-hydrogen) atoms. The van der Waals surface area contributed by atoms with E-state index < -0.39 is 18.2 Å². The molecule has 0 fully saturated rings. The molecule has 0 saturated heterocycles. The Bertz CT molecular complexity index is 1140. The second-order valence-electron chi connectivity index (χ2n) is 20.6. The monoisotopic (exact) mass is 952 g/mol. The highest BCUT2D eigenvalue weighted by Crippen LogP contribution is 2.17. The van der Waals surface area contributed by atoms with E-state index >= 15 is 0 Å². The Balaban J connectivity index is 3.53. The normalized spacial score (nSPS) is 13.7. The van der Waals surface area contributed by atoms with Gasteiger partial charge in [0.15, 0.2) is 0 Å². The van der Waals surface area contributed by atoms with Gasteiger partial charge in [-0.05, 0) is 77.0 Å². The van der Waals surface area contributed by atoms with Crippen LogP contribution in [0.1, 0.15) is 309 Å². The predicted octanol–water partition coefficient (Wildman–Crippen LogP) is 19.0. The van der Waals surface area contributed by atoms with Crippen molar-refractivity contribution in [2.45, 2.75) is 327 Å². The molecule has 5 heteroatoms. The Morgan fingerprint density at radius 3 is 1.03 bits per heavy atom. The first kappa shape index (κ1) is 66.0. The second kappa shape index (κ2) is 57.6. The zero-order valence-electron chi connectivity index (χ0n) is 45.5. The molecule has 0 saturated carbocycles. The lowest BCUT2D eigenvalue weighted by Crippen LogP contribution is -2.45. The van der Waals surface area contributed by atoms with Crippen molar-refractivity contribution in [2.75, 3.05) is 6.61 Å². The summed E-state index contributed by atoms with van der Waals surface area (Å²) in [7, 11) is 0. The van der Waals surface area contributed by atoms with E-state index in [-0.39, 0.29) is 18.9 Å². The molecule has 0 aliphatic heterocycles. The van der Waals surface area contributed by atoms with Gasteiger partial charge < -0.3 is 20.6 Å². The number of rotatable bonds is 55. The average molecular weight is 953 g/mol. The van der Waals surface area contributed by atoms with Crippen LogP contribution in [0.15, 0.2) is 60.8 Å². The van der Waals surface area contributed by atoms with Gasteiger partial charge in [-0.2, -0.15) is 0 Å². The van der Waals surface area contributed by atoms with Crippen LogP contribution in [-0.4, -0.2) is 46.1 Å². The van der Waals surface area contributed by atoms with Crippen molar-refractivity contribution in [2.24, 2.45) is 0 Å². The molecule has 0 aromatic heterocycles. The molecular weight excluding hydrogens is 835 g/mol. The van der Waals surface area contributed by atoms with Gasteiger partial charge in [-0.3, -0.25) is 4.79 Å². The number of hydrogen-bond acceptors (Lipinski definition) is 4. The fourth-order valence-electron chi connectivity index (χ4n) is 9.17. The molecule has 0 bridgehead atoms. The number of nitrogens with one attached hydrogen (secondary N) is 1. The average Bonchev–Trinajstić information content (AvgIpc) is 3.33. The maximum atomic E-state index is 12.5. The maximum Gasteiger partial charge on any atom is 0.222 e. The third-order valence-electron chi connectivity index (χ3n) is 13.8. The van der Waals surface area contributed by atoms with E-state index in [2.05, 4.69) is 67.8 Å². The molecule has 0 aliphatic carbocycles. The largest absolute Gasteiger partial charge is 0.394 e. The Hall–Kier alpha value is -1.95. The smallest absolute Gasteiger partial charge is 0.222 e. The first-order chi connectivity index (χ1) is 33.5. The van der Waals surface area contributed by atoms with Gasteiger partial charge in [-0.1, -0.05) is 286 Å². The number of aliphatic hydroxyl groups is 3. The fourth-order valence-corrected chi connectivity index (χ4v) is 9.17. The van der Waals surface area contributed by atoms with Gasteiger partial charge >= 0.3 is 0 Å². The van der Waals surface area contributed by atoms with Crippen LogP contribution in [0.4, 0.5) is 0 Å². The minimum Gasteiger partial charge on any atom is -0.394 e. The number of unbranched alkanes of at least 4 members (excludes halogenated alkanes) is 38. The Morgan fingerprint density at radius 2 is 0.676 bits per heavy atom. The highest BCUT2D eigenvalue weighted by atomic mass is 16.3. The summed E-state index contributed by atoms with van der Waals surface area (Å²) in [5.74, 6) is -0.328. The van der Waals surface area contributed by atoms with E-state index in [1.54, 1.807) is 6.08 Å². The Kier molecular flexibility index (Phi) is 56.0. The van der Waals surface area contributed by atoms with Crippen LogP contribution < -0.4 is 5.32 Å². The van der Waals surface area contributed by atoms with Crippen molar-refractivity contribution < 1.29 is 20.1 Å². The first-order valence-electron chi connectivity index (χ1n) is 30.1. The summed E-state index contributed by atoms with van der Waals surface area (Å²) < 4.78 is 0. The van der Waals surface area contributed by atoms with Gasteiger partial charge in [0.25, 0.3) is 0 Å². The van der Waals surface area contributed by atoms with Crippen LogP contribution >= 0.6 is 0 Å². The van der Waals surface area contributed by atoms with E-state index in [1.807, 2.05) is 6.08 Å². The minimum atomic E-state index is -0.962. The van der Waals surface area contributed by atoms with Crippen molar-refractivity contribution in [1.82, 2.24) is 5.32 Å². The van der Waals surface area contributed by atoms with Crippen molar-refractivity contribution in [3.8, 4) is 0 Å². The number of allylic oxidation sites excluding steroid dienone is 9. The molecule has 0 spiro atoms. The molecule has 398 valence electrons. The molecule has 3 unspecified atom stereocenters. The van der Waals surface area contributed by atoms with Crippen LogP contribution in [-0.2, 0) is 4.79 Å². The SMILES string of the molecule is CCCCCCCC/C=C/CC/C=C/CC/C=C/C(O)C(CO)NC(=O)CC(O)CCCCCCCCCCCCCCCCC/C=C\C/C=C\CCCCCCCCCCCCCCCCC. The minimum absolute atomic E-state index is 0.00142. The van der Waals surface area contributed by atoms with E-state index in [0.717, 1.165) is 44.9 Å². The molecule has 0 rings (SSSR count). The van der Waals surface area contributed by atoms with Gasteiger partial charge in [0.1, 0.15) is 0 Å². The topological polar surface area (TPSA) is 89.8 Å². The van der Waals surface area contributed by atoms with Gasteiger partial charge in [0.2, 0.25) is 5.91 Å². The van der Waals surface area contributed by atoms with Crippen molar-refractivity contribution in [3.63, 3.8) is 0 Å². The second-order valence-corrected chi connectivity index (χ2v) is 20.6. The molecule has 5 nitrogen and oxygen atoms in total. The molecular formula is C63H117NO4. The lowest BCUT2D eigenvalue weighted by Gasteiger charge is -2.21. The summed E-state index contributed by atoms with van der Waals surface area (Å²) >= 11 is 0. The summed E-state index contributed by atoms with van der Waals surface area (Å²) in [5.41, 5.74) is 0. The number of aliphatic hydroxyl groups excluding tert-OH is 3. The van der Waals surface area contributed by atoms with Crippen LogP contribution in [0, 0.1) is 0 Å². The van der Waals surface area contributed by atoms with E-state index in [0.29, 0.717) is 6.42 Å². The molecule has 3 atom stereocenters. The summed E-state index contributed by atoms with van der Waals surface area (Å²) in [6.07, 6.45) is 78.7. The summed E-state index contributed by atoms with van der Waals surface area (Å²) in [5, 5.41) is 33.4. The van der Waals surface area contributed by atoms with Crippen LogP contribution in [0.25, 0.3) is 0 Å². The van der Waals surface area contributed by atoms with E-state index in [4.69, 9.17) is 0 Å². The summed E-state index contributed by atoms with van der Waals surface area (Å²) in [6.45, 7) is 4.21. The first-order valence-corrected chi connectivity index (χ1v) is 30.1. The number of carbonyl (C=O) groups is 1. The van der Waals surface area contributed by atoms with Crippen LogP contribution in [0.5, 0.6) is 0 Å². The van der Waals surface area contributed by atoms with Gasteiger partial charge in [-0.25, -0.2) is 0 Å². The number of amides is 1. The van der Waals surface area contributed by atoms with Gasteiger partial charge in [0, 0.05) is 0 Å². The van der Waals surface area contributed by atoms with E-state index in [9.17, 15) is 20.1 Å². The summed E-state index contributed by atoms with van der Waals surface area (Å²) in [6, 6.07) is -0.770. The lowest BCUT2D eigenvalue weighted by atomic mass is 10.0. The number of hydrogen-bond donors (Lipinski definition) is 4. The van der Waals surface area contributed by atoms with Gasteiger partial charge in [-0.15, -0.1) is 0 Å². The molecule has 1 amide bonds. The molecule has 4 N–H and O–H groups in total. The van der Waals surface area contributed by atoms with E-state index in [1.165, 1.54) is 238 Å². The standard InChI is InChI=1S/C63H117NO4/c1-3-5-7-9-11-13-15-17-19-21-22-23-24-25-26-27-28-29-30-31-32-33-34-35-36-37-38-39-40-41-42-44-46-48-50-52-54-56-60(66)58-63(68)64-61(59-65)62(67)57-55-53-51-49-47-45-43-20-18-16-14-12-10-8-6-4-2/h18,20,28-29,31-32,47,49,55,57,60-62,65-67H,3-17,19,21-27,30,33-46,48,50-54,56,58-59H2,1-2H3,(H,64,68)/b20-18+,29-28-,32-31-,49-47+,57-55+. The highest BCUT2D eigenvalue weighted by molar-refractivity contribution is 5.76. The van der Waals surface area contributed by atoms with Crippen LogP contribution in [0.2, 0.25) is 0 Å². The lowest BCUT2D eigenvalue weighted by molar-refractivity contribution is -0.124. The maximum absolute atomic E-state index is 12.5. The Labute approximate surface area is 424 Å². The van der Waals surface area contributed by atoms with Crippen LogP contribution in [0.3, 0.4) is 0 Å². The van der Waals surface area contributed by atoms with Crippen molar-refractivity contribution in [3.05, 3.63) is 60.8 Å². The van der Waals surface area contributed by atoms with Gasteiger partial charge in [0.05, 0.1) is 31.3 Å². The highest BCUT2D eigenvalue weighted by Gasteiger charge is 2.20. The Morgan fingerprint density at radius 1 is 0.382 bits per heavy atom. The molecule has 0 aromatic carbocycles. The molecule has 0 radical (unpaired) electrons. The molecule has 0 aromatic rings. The third-order valence-corrected chi connectivity index (χ3v) is 13.8. The molecule has 0 aliphatic rings. The molecule has 0 heterocycles. The fraction of sp³-hybridized carbons (Fsp3) is 0.825. The quantitative estimate of drug-likeness (QED) is 0.0361. The van der Waals surface area contributed by atoms with Crippen molar-refractivity contribution >= 4 is 5.91 Å². The zero-order valence-corrected chi connectivity index (χ0v) is 45.5. The zero-order chi connectivity index (χ0) is 49.3. The third kappa shape index (κ3) is 53.4.